The van der Waals surface area contributed by atoms with Crippen molar-refractivity contribution in [2.75, 3.05) is 0 Å². The molecule has 2 N–H and O–H groups in total. The summed E-state index contributed by atoms with van der Waals surface area (Å²) in [6.45, 7) is 15.7. The maximum atomic E-state index is 13.5. The molecule has 0 aromatic carbocycles. The van der Waals surface area contributed by atoms with Crippen LogP contribution in [0.1, 0.15) is 92.4 Å². The van der Waals surface area contributed by atoms with Gasteiger partial charge in [0.15, 0.2) is 5.78 Å². The number of carbonyl (C=O) groups is 1. The van der Waals surface area contributed by atoms with Crippen LogP contribution in [0.25, 0.3) is 0 Å². The number of ketones is 1. The van der Waals surface area contributed by atoms with Crippen molar-refractivity contribution in [3.05, 3.63) is 23.3 Å². The molecule has 4 aliphatic rings. The molecule has 31 heavy (non-hydrogen) atoms. The fourth-order valence-corrected chi connectivity index (χ4v) is 8.16. The van der Waals surface area contributed by atoms with Gasteiger partial charge in [-0.1, -0.05) is 46.8 Å². The molecule has 174 valence electrons. The average Bonchev–Trinajstić information content (AvgIpc) is 3.03. The molecule has 2 saturated carbocycles. The molecule has 0 saturated heterocycles. The first-order valence-corrected chi connectivity index (χ1v) is 12.8. The molecule has 3 nitrogen and oxygen atoms in total. The van der Waals surface area contributed by atoms with E-state index in [1.807, 2.05) is 0 Å². The van der Waals surface area contributed by atoms with Crippen LogP contribution in [0.3, 0.4) is 0 Å². The summed E-state index contributed by atoms with van der Waals surface area (Å²) in [5.41, 5.74) is 3.30. The van der Waals surface area contributed by atoms with Crippen LogP contribution >= 0.6 is 0 Å². The third-order valence-corrected chi connectivity index (χ3v) is 10.2. The van der Waals surface area contributed by atoms with Crippen LogP contribution in [-0.4, -0.2) is 28.2 Å². The molecule has 0 aromatic heterocycles. The molecular weight excluding hydrogens is 384 g/mol. The molecule has 4 rings (SSSR count). The smallest absolute Gasteiger partial charge is 0.159 e. The van der Waals surface area contributed by atoms with Gasteiger partial charge in [0, 0.05) is 12.0 Å². The molecule has 0 aromatic rings. The highest BCUT2D eigenvalue weighted by Crippen LogP contribution is 2.65. The lowest BCUT2D eigenvalue weighted by Gasteiger charge is -2.55. The van der Waals surface area contributed by atoms with Crippen LogP contribution < -0.4 is 0 Å². The Labute approximate surface area is 189 Å². The molecule has 0 heterocycles. The quantitative estimate of drug-likeness (QED) is 0.540. The minimum Gasteiger partial charge on any atom is -0.393 e. The number of Topliss-reactive ketones (excluding diaryl/α,β-unsaturated/α-hetero) is 1. The van der Waals surface area contributed by atoms with Crippen molar-refractivity contribution in [1.82, 2.24) is 0 Å². The fraction of sp³-hybridized carbons (Fsp3) is 0.821. The second kappa shape index (κ2) is 8.13. The van der Waals surface area contributed by atoms with Crippen molar-refractivity contribution in [2.45, 2.75) is 105 Å². The van der Waals surface area contributed by atoms with Gasteiger partial charge in [0.2, 0.25) is 0 Å². The normalized spacial score (nSPS) is 43.5. The zero-order valence-electron chi connectivity index (χ0n) is 20.4. The topological polar surface area (TPSA) is 57.5 Å². The number of aliphatic hydroxyl groups is 2. The highest BCUT2D eigenvalue weighted by atomic mass is 16.3. The highest BCUT2D eigenvalue weighted by Gasteiger charge is 2.60. The Balaban J connectivity index is 1.63. The monoisotopic (exact) mass is 428 g/mol. The first-order valence-electron chi connectivity index (χ1n) is 12.8. The molecular formula is C28H44O3. The van der Waals surface area contributed by atoms with Crippen LogP contribution in [0.4, 0.5) is 0 Å². The third-order valence-electron chi connectivity index (χ3n) is 10.2. The Hall–Kier alpha value is -0.930. The predicted octanol–water partition coefficient (Wildman–Crippen LogP) is 5.85. The lowest BCUT2D eigenvalue weighted by atomic mass is 9.49. The molecule has 0 aliphatic heterocycles. The number of rotatable bonds is 5. The minimum absolute atomic E-state index is 0.00384. The summed E-state index contributed by atoms with van der Waals surface area (Å²) in [4.78, 5) is 13.5. The first kappa shape index (κ1) is 23.2. The molecule has 0 radical (unpaired) electrons. The van der Waals surface area contributed by atoms with E-state index >= 15 is 0 Å². The molecule has 3 heteroatoms. The van der Waals surface area contributed by atoms with Gasteiger partial charge >= 0.3 is 0 Å². The largest absolute Gasteiger partial charge is 0.393 e. The molecule has 0 bridgehead atoms. The number of hydrogen-bond donors (Lipinski definition) is 2. The zero-order valence-corrected chi connectivity index (χ0v) is 20.4. The summed E-state index contributed by atoms with van der Waals surface area (Å²) in [7, 11) is 0. The molecule has 0 spiro atoms. The lowest BCUT2D eigenvalue weighted by Crippen LogP contribution is -2.52. The van der Waals surface area contributed by atoms with Crippen molar-refractivity contribution in [3.8, 4) is 0 Å². The van der Waals surface area contributed by atoms with Gasteiger partial charge in [-0.05, 0) is 97.4 Å². The van der Waals surface area contributed by atoms with Gasteiger partial charge in [-0.2, -0.15) is 0 Å². The van der Waals surface area contributed by atoms with Gasteiger partial charge < -0.3 is 10.2 Å². The van der Waals surface area contributed by atoms with Crippen LogP contribution in [0.5, 0.6) is 0 Å². The van der Waals surface area contributed by atoms with Gasteiger partial charge in [-0.25, -0.2) is 0 Å². The van der Waals surface area contributed by atoms with E-state index in [1.165, 1.54) is 5.57 Å². The van der Waals surface area contributed by atoms with Gasteiger partial charge in [0.1, 0.15) is 0 Å². The van der Waals surface area contributed by atoms with E-state index in [0.29, 0.717) is 36.5 Å². The summed E-state index contributed by atoms with van der Waals surface area (Å²) >= 11 is 0. The van der Waals surface area contributed by atoms with E-state index in [4.69, 9.17) is 0 Å². The van der Waals surface area contributed by atoms with E-state index in [0.717, 1.165) is 56.1 Å². The van der Waals surface area contributed by atoms with Gasteiger partial charge in [0.25, 0.3) is 0 Å². The Morgan fingerprint density at radius 3 is 2.55 bits per heavy atom. The minimum atomic E-state index is -0.512. The Kier molecular flexibility index (Phi) is 6.10. The average molecular weight is 429 g/mol. The van der Waals surface area contributed by atoms with E-state index in [9.17, 15) is 15.0 Å². The number of allylic oxidation sites excluding steroid dienone is 2. The SMILES string of the molecule is C=C(CC[C@@H](C)[C@H]1CC[C@H]2C3=C(C(O)C[C@]12C)[C@@]1(C)CCC(O)CC1CC3=O)C(C)C. The van der Waals surface area contributed by atoms with E-state index in [-0.39, 0.29) is 28.6 Å². The summed E-state index contributed by atoms with van der Waals surface area (Å²) < 4.78 is 0. The molecule has 0 amide bonds. The maximum absolute atomic E-state index is 13.5. The van der Waals surface area contributed by atoms with Gasteiger partial charge in [-0.3, -0.25) is 4.79 Å². The number of hydrogen-bond acceptors (Lipinski definition) is 3. The lowest BCUT2D eigenvalue weighted by molar-refractivity contribution is -0.123. The van der Waals surface area contributed by atoms with Crippen LogP contribution in [0.2, 0.25) is 0 Å². The second-order valence-corrected chi connectivity index (χ2v) is 12.3. The van der Waals surface area contributed by atoms with E-state index < -0.39 is 6.10 Å². The van der Waals surface area contributed by atoms with Crippen molar-refractivity contribution in [3.63, 3.8) is 0 Å². The van der Waals surface area contributed by atoms with Gasteiger partial charge in [0.05, 0.1) is 12.2 Å². The first-order chi connectivity index (χ1) is 14.5. The number of fused-ring (bicyclic) bond motifs is 4. The van der Waals surface area contributed by atoms with Crippen molar-refractivity contribution >= 4 is 5.78 Å². The maximum Gasteiger partial charge on any atom is 0.159 e. The zero-order chi connectivity index (χ0) is 22.7. The molecule has 3 unspecified atom stereocenters. The van der Waals surface area contributed by atoms with Gasteiger partial charge in [-0.15, -0.1) is 0 Å². The highest BCUT2D eigenvalue weighted by molar-refractivity contribution is 5.99. The third kappa shape index (κ3) is 3.68. The van der Waals surface area contributed by atoms with Crippen LogP contribution in [0, 0.1) is 40.4 Å². The molecule has 8 atom stereocenters. The van der Waals surface area contributed by atoms with Crippen LogP contribution in [0.15, 0.2) is 23.3 Å². The number of aliphatic hydroxyl groups excluding tert-OH is 2. The van der Waals surface area contributed by atoms with E-state index in [2.05, 4.69) is 41.2 Å². The summed E-state index contributed by atoms with van der Waals surface area (Å²) in [6, 6.07) is 0. The number of carbonyl (C=O) groups excluding carboxylic acids is 1. The Morgan fingerprint density at radius 2 is 1.87 bits per heavy atom. The standard InChI is InChI=1S/C28H44O3/c1-16(2)17(3)7-8-18(4)21-9-10-22-25-23(30)14-19-13-20(29)11-12-27(19,5)26(25)24(31)15-28(21,22)6/h16,18-22,24,29,31H,3,7-15H2,1-2,4-6H3/t18-,19?,20?,21-,22+,24?,27+,28-/m1/s1. The van der Waals surface area contributed by atoms with Crippen LogP contribution in [-0.2, 0) is 4.79 Å². The Morgan fingerprint density at radius 1 is 1.16 bits per heavy atom. The molecule has 2 fully saturated rings. The summed E-state index contributed by atoms with van der Waals surface area (Å²) in [5.74, 6) is 2.40. The summed E-state index contributed by atoms with van der Waals surface area (Å²) in [6.07, 6.45) is 7.38. The van der Waals surface area contributed by atoms with Crippen molar-refractivity contribution < 1.29 is 15.0 Å². The predicted molar refractivity (Wildman–Crippen MR) is 125 cm³/mol. The van der Waals surface area contributed by atoms with Crippen molar-refractivity contribution in [2.24, 2.45) is 40.4 Å². The second-order valence-electron chi connectivity index (χ2n) is 12.3. The van der Waals surface area contributed by atoms with E-state index in [1.54, 1.807) is 0 Å². The summed E-state index contributed by atoms with van der Waals surface area (Å²) in [5, 5.41) is 21.7. The molecule has 4 aliphatic carbocycles. The van der Waals surface area contributed by atoms with Crippen molar-refractivity contribution in [1.29, 1.82) is 0 Å². The fourth-order valence-electron chi connectivity index (χ4n) is 8.16. The Bertz CT molecular complexity index is 779.